The van der Waals surface area contributed by atoms with Gasteiger partial charge in [0, 0.05) is 49.4 Å². The van der Waals surface area contributed by atoms with Gasteiger partial charge in [-0.05, 0) is 59.5 Å². The van der Waals surface area contributed by atoms with Crippen LogP contribution < -0.4 is 40.4 Å². The van der Waals surface area contributed by atoms with Gasteiger partial charge in [-0.3, -0.25) is 9.52 Å². The maximum Gasteiger partial charge on any atom is 0.323 e. The van der Waals surface area contributed by atoms with Crippen LogP contribution in [-0.4, -0.2) is 97.5 Å². The minimum Gasteiger partial charge on any atom is -0.492 e. The van der Waals surface area contributed by atoms with E-state index in [-0.39, 0.29) is 41.7 Å². The number of pyridine rings is 1. The normalized spacial score (nSPS) is 11.5. The number of carbonyl (C=O) groups is 2. The van der Waals surface area contributed by atoms with Gasteiger partial charge in [-0.2, -0.15) is 0 Å². The summed E-state index contributed by atoms with van der Waals surface area (Å²) in [6, 6.07) is 22.7. The second-order valence-corrected chi connectivity index (χ2v) is 16.6. The molecule has 0 radical (unpaired) electrons. The van der Waals surface area contributed by atoms with Crippen molar-refractivity contribution in [3.63, 3.8) is 0 Å². The van der Waals surface area contributed by atoms with Crippen molar-refractivity contribution in [2.24, 2.45) is 0 Å². The zero-order chi connectivity index (χ0) is 43.5. The third-order valence-corrected chi connectivity index (χ3v) is 9.52. The van der Waals surface area contributed by atoms with E-state index >= 15 is 0 Å². The van der Waals surface area contributed by atoms with Crippen LogP contribution in [0.15, 0.2) is 85.1 Å². The molecule has 0 unspecified atom stereocenters. The Labute approximate surface area is 350 Å². The fourth-order valence-electron chi connectivity index (χ4n) is 6.10. The number of benzene rings is 4. The average molecular weight is 844 g/mol. The van der Waals surface area contributed by atoms with Crippen molar-refractivity contribution < 1.29 is 42.1 Å². The van der Waals surface area contributed by atoms with Crippen molar-refractivity contribution in [2.75, 3.05) is 92.6 Å². The van der Waals surface area contributed by atoms with E-state index in [2.05, 4.69) is 31.0 Å². The number of methoxy groups -OCH3 is 1. The van der Waals surface area contributed by atoms with Crippen LogP contribution in [-0.2, 0) is 24.9 Å². The van der Waals surface area contributed by atoms with Gasteiger partial charge in [0.1, 0.15) is 17.3 Å². The lowest BCUT2D eigenvalue weighted by atomic mass is 9.86. The number of amides is 3. The third kappa shape index (κ3) is 12.4. The number of hydrogen-bond donors (Lipinski definition) is 6. The van der Waals surface area contributed by atoms with Gasteiger partial charge < -0.3 is 50.2 Å². The molecule has 0 saturated carbocycles. The molecule has 5 aromatic rings. The number of rotatable bonds is 19. The first-order valence-electron chi connectivity index (χ1n) is 19.1. The predicted octanol–water partition coefficient (Wildman–Crippen LogP) is 6.91. The van der Waals surface area contributed by atoms with Gasteiger partial charge in [0.25, 0.3) is 5.91 Å². The van der Waals surface area contributed by atoms with Crippen molar-refractivity contribution in [3.8, 4) is 17.2 Å². The fourth-order valence-corrected chi connectivity index (χ4v) is 6.65. The summed E-state index contributed by atoms with van der Waals surface area (Å²) in [5, 5.41) is 22.2. The van der Waals surface area contributed by atoms with E-state index in [4.69, 9.17) is 24.1 Å². The molecule has 60 heavy (non-hydrogen) atoms. The number of hydrogen-bond acceptors (Lipinski definition) is 12. The van der Waals surface area contributed by atoms with Gasteiger partial charge in [-0.25, -0.2) is 18.2 Å². The summed E-state index contributed by atoms with van der Waals surface area (Å²) in [7, 11) is 1.47. The highest BCUT2D eigenvalue weighted by Gasteiger charge is 2.23. The van der Waals surface area contributed by atoms with Gasteiger partial charge in [0.2, 0.25) is 10.0 Å². The minimum atomic E-state index is -3.65. The molecule has 0 aliphatic heterocycles. The summed E-state index contributed by atoms with van der Waals surface area (Å²) in [6.45, 7) is 7.53. The van der Waals surface area contributed by atoms with Crippen LogP contribution >= 0.6 is 0 Å². The smallest absolute Gasteiger partial charge is 0.323 e. The number of anilines is 6. The SMILES string of the molecule is COc1c(NC(=O)Nc2ccc(Oc3ccnc(Nc4ccc(C(=O)NCCOCCOCCO)c(N(C)C)c4)c3)c3ccccc23)cc(C(C)(C)C)cc1NS(C)(=O)=O. The Kier molecular flexibility index (Phi) is 15.1. The molecule has 17 heteroatoms. The zero-order valence-electron chi connectivity index (χ0n) is 34.8. The minimum absolute atomic E-state index is 0.0411. The monoisotopic (exact) mass is 843 g/mol. The summed E-state index contributed by atoms with van der Waals surface area (Å²) in [5.41, 5.74) is 3.30. The molecular weight excluding hydrogens is 791 g/mol. The summed E-state index contributed by atoms with van der Waals surface area (Å²) in [4.78, 5) is 32.9. The Hall–Kier alpha value is -6.14. The molecule has 0 atom stereocenters. The van der Waals surface area contributed by atoms with Crippen LogP contribution in [0.4, 0.5) is 39.0 Å². The van der Waals surface area contributed by atoms with E-state index in [9.17, 15) is 18.0 Å². The topological polar surface area (TPSA) is 202 Å². The Balaban J connectivity index is 1.29. The first kappa shape index (κ1) is 45.0. The Bertz CT molecular complexity index is 2400. The first-order valence-corrected chi connectivity index (χ1v) is 21.0. The second-order valence-electron chi connectivity index (χ2n) is 14.9. The summed E-state index contributed by atoms with van der Waals surface area (Å²) >= 11 is 0. The maximum absolute atomic E-state index is 13.5. The molecule has 16 nitrogen and oxygen atoms in total. The third-order valence-electron chi connectivity index (χ3n) is 8.93. The summed E-state index contributed by atoms with van der Waals surface area (Å²) < 4.78 is 49.4. The number of carbonyl (C=O) groups excluding carboxylic acids is 2. The van der Waals surface area contributed by atoms with Crippen LogP contribution in [0.2, 0.25) is 0 Å². The summed E-state index contributed by atoms with van der Waals surface area (Å²) in [5.74, 6) is 1.48. The van der Waals surface area contributed by atoms with Crippen LogP contribution in [0.25, 0.3) is 10.8 Å². The molecule has 0 aliphatic carbocycles. The van der Waals surface area contributed by atoms with E-state index in [1.54, 1.807) is 54.7 Å². The molecule has 1 aromatic heterocycles. The van der Waals surface area contributed by atoms with Crippen molar-refractivity contribution in [2.45, 2.75) is 26.2 Å². The van der Waals surface area contributed by atoms with Gasteiger partial charge in [0.05, 0.1) is 74.7 Å². The van der Waals surface area contributed by atoms with Gasteiger partial charge >= 0.3 is 6.03 Å². The van der Waals surface area contributed by atoms with Gasteiger partial charge in [0.15, 0.2) is 5.75 Å². The van der Waals surface area contributed by atoms with Crippen LogP contribution in [0.5, 0.6) is 17.2 Å². The second kappa shape index (κ2) is 20.2. The lowest BCUT2D eigenvalue weighted by molar-refractivity contribution is 0.0338. The number of fused-ring (bicyclic) bond motifs is 1. The number of aromatic nitrogens is 1. The van der Waals surface area contributed by atoms with Gasteiger partial charge in [-0.1, -0.05) is 45.0 Å². The highest BCUT2D eigenvalue weighted by molar-refractivity contribution is 7.92. The lowest BCUT2D eigenvalue weighted by Gasteiger charge is -2.24. The van der Waals surface area contributed by atoms with Crippen LogP contribution in [0.1, 0.15) is 36.7 Å². The maximum atomic E-state index is 13.5. The van der Waals surface area contributed by atoms with Crippen LogP contribution in [0, 0.1) is 0 Å². The predicted molar refractivity (Wildman–Crippen MR) is 236 cm³/mol. The molecule has 0 aliphatic rings. The average Bonchev–Trinajstić information content (AvgIpc) is 3.19. The Morgan fingerprint density at radius 2 is 1.53 bits per heavy atom. The number of nitrogens with one attached hydrogen (secondary N) is 5. The first-order chi connectivity index (χ1) is 28.6. The molecule has 0 spiro atoms. The van der Waals surface area contributed by atoms with Gasteiger partial charge in [-0.15, -0.1) is 0 Å². The molecule has 1 heterocycles. The standard InChI is InChI=1S/C43H53N7O9S/c1-43(2,3)28-24-35(40(56-6)36(25-28)49-60(7,54)55)48-42(53)47-34-14-15-38(32-11-9-8-10-31(32)34)59-30-16-17-44-39(27-30)46-29-12-13-33(37(26-29)50(4)5)41(52)45-18-20-57-22-23-58-21-19-51/h8-17,24-27,49,51H,18-23H2,1-7H3,(H,44,46)(H,45,52)(H2,47,48,53). The molecule has 0 fully saturated rings. The van der Waals surface area contributed by atoms with E-state index < -0.39 is 16.1 Å². The van der Waals surface area contributed by atoms with Crippen molar-refractivity contribution >= 4 is 67.0 Å². The number of sulfonamides is 1. The molecule has 4 aromatic carbocycles. The molecule has 0 saturated heterocycles. The number of ether oxygens (including phenoxy) is 4. The largest absolute Gasteiger partial charge is 0.492 e. The van der Waals surface area contributed by atoms with Crippen LogP contribution in [0.3, 0.4) is 0 Å². The fraction of sp³-hybridized carbons (Fsp3) is 0.326. The Morgan fingerprint density at radius 1 is 0.833 bits per heavy atom. The van der Waals surface area contributed by atoms with Crippen molar-refractivity contribution in [3.05, 3.63) is 96.2 Å². The van der Waals surface area contributed by atoms with Crippen molar-refractivity contribution in [1.29, 1.82) is 0 Å². The highest BCUT2D eigenvalue weighted by Crippen LogP contribution is 2.40. The molecule has 320 valence electrons. The molecule has 5 rings (SSSR count). The van der Waals surface area contributed by atoms with E-state index in [0.717, 1.165) is 17.2 Å². The highest BCUT2D eigenvalue weighted by atomic mass is 32.2. The number of urea groups is 1. The molecule has 3 amide bonds. The number of nitrogens with zero attached hydrogens (tertiary/aromatic N) is 2. The quantitative estimate of drug-likeness (QED) is 0.0470. The molecule has 0 bridgehead atoms. The Morgan fingerprint density at radius 3 is 2.22 bits per heavy atom. The molecule has 6 N–H and O–H groups in total. The number of aliphatic hydroxyl groups excluding tert-OH is 1. The van der Waals surface area contributed by atoms with E-state index in [1.165, 1.54) is 7.11 Å². The van der Waals surface area contributed by atoms with E-state index in [1.807, 2.05) is 70.1 Å². The molecular formula is C43H53N7O9S. The van der Waals surface area contributed by atoms with E-state index in [0.29, 0.717) is 71.7 Å². The summed E-state index contributed by atoms with van der Waals surface area (Å²) in [6.07, 6.45) is 2.67. The lowest BCUT2D eigenvalue weighted by Crippen LogP contribution is -2.29. The zero-order valence-corrected chi connectivity index (χ0v) is 35.7. The number of aliphatic hydroxyl groups is 1. The van der Waals surface area contributed by atoms with Crippen molar-refractivity contribution in [1.82, 2.24) is 10.3 Å².